The van der Waals surface area contributed by atoms with E-state index >= 15 is 0 Å². The van der Waals surface area contributed by atoms with Crippen LogP contribution in [0.3, 0.4) is 0 Å². The smallest absolute Gasteiger partial charge is 0.296 e. The molecule has 0 saturated carbocycles. The maximum atomic E-state index is 12.3. The van der Waals surface area contributed by atoms with Crippen LogP contribution in [0.15, 0.2) is 18.2 Å². The largest absolute Gasteiger partial charge is 0.496 e. The number of hydrogen-bond donors (Lipinski definition) is 1. The number of nitrogens with one attached hydrogen (secondary N) is 1. The van der Waals surface area contributed by atoms with Crippen LogP contribution in [0.1, 0.15) is 20.3 Å². The summed E-state index contributed by atoms with van der Waals surface area (Å²) in [5.41, 5.74) is -0.154. The zero-order valence-corrected chi connectivity index (χ0v) is 13.2. The van der Waals surface area contributed by atoms with Crippen LogP contribution >= 0.6 is 0 Å². The number of nitro groups is 1. The highest BCUT2D eigenvalue weighted by molar-refractivity contribution is 5.98. The molecule has 0 radical (unpaired) electrons. The van der Waals surface area contributed by atoms with E-state index < -0.39 is 16.7 Å². The lowest BCUT2D eigenvalue weighted by molar-refractivity contribution is -0.384. The SMILES string of the molecule is COc1ccc(NC(=O)[C@@H]2CC(=O)N(C(C)C)C2)c([N+](=O)[O-])c1. The van der Waals surface area contributed by atoms with E-state index in [2.05, 4.69) is 5.32 Å². The fraction of sp³-hybridized carbons (Fsp3) is 0.467. The van der Waals surface area contributed by atoms with Crippen molar-refractivity contribution in [2.75, 3.05) is 19.0 Å². The summed E-state index contributed by atoms with van der Waals surface area (Å²) in [5, 5.41) is 13.7. The number of nitro benzene ring substituents is 1. The number of rotatable bonds is 5. The summed E-state index contributed by atoms with van der Waals surface area (Å²) in [5.74, 6) is -0.650. The molecule has 8 nitrogen and oxygen atoms in total. The first kappa shape index (κ1) is 16.7. The maximum absolute atomic E-state index is 12.3. The highest BCUT2D eigenvalue weighted by Crippen LogP contribution is 2.30. The molecule has 0 unspecified atom stereocenters. The van der Waals surface area contributed by atoms with Gasteiger partial charge in [-0.1, -0.05) is 0 Å². The molecule has 1 aromatic carbocycles. The molecule has 0 bridgehead atoms. The van der Waals surface area contributed by atoms with Gasteiger partial charge in [-0.05, 0) is 26.0 Å². The van der Waals surface area contributed by atoms with Crippen molar-refractivity contribution in [2.24, 2.45) is 5.92 Å². The van der Waals surface area contributed by atoms with Crippen molar-refractivity contribution in [1.29, 1.82) is 0 Å². The number of methoxy groups -OCH3 is 1. The molecule has 2 rings (SSSR count). The maximum Gasteiger partial charge on any atom is 0.296 e. The number of likely N-dealkylation sites (tertiary alicyclic amines) is 1. The molecule has 0 spiro atoms. The quantitative estimate of drug-likeness (QED) is 0.658. The van der Waals surface area contributed by atoms with Crippen LogP contribution in [0.2, 0.25) is 0 Å². The van der Waals surface area contributed by atoms with E-state index in [0.717, 1.165) is 0 Å². The van der Waals surface area contributed by atoms with Crippen molar-refractivity contribution in [1.82, 2.24) is 4.90 Å². The van der Waals surface area contributed by atoms with E-state index in [9.17, 15) is 19.7 Å². The minimum atomic E-state index is -0.585. The number of carbonyl (C=O) groups excluding carboxylic acids is 2. The number of carbonyl (C=O) groups is 2. The number of anilines is 1. The summed E-state index contributed by atoms with van der Waals surface area (Å²) >= 11 is 0. The van der Waals surface area contributed by atoms with Crippen LogP contribution in [0, 0.1) is 16.0 Å². The van der Waals surface area contributed by atoms with Crippen molar-refractivity contribution >= 4 is 23.2 Å². The van der Waals surface area contributed by atoms with E-state index in [0.29, 0.717) is 12.3 Å². The molecule has 1 N–H and O–H groups in total. The van der Waals surface area contributed by atoms with Crippen molar-refractivity contribution < 1.29 is 19.2 Å². The lowest BCUT2D eigenvalue weighted by atomic mass is 10.1. The third-order valence-electron chi connectivity index (χ3n) is 3.81. The normalized spacial score (nSPS) is 17.5. The summed E-state index contributed by atoms with van der Waals surface area (Å²) in [6.45, 7) is 4.09. The molecule has 0 aromatic heterocycles. The second-order valence-electron chi connectivity index (χ2n) is 5.67. The monoisotopic (exact) mass is 321 g/mol. The van der Waals surface area contributed by atoms with E-state index in [-0.39, 0.29) is 29.7 Å². The van der Waals surface area contributed by atoms with Crippen molar-refractivity contribution in [3.05, 3.63) is 28.3 Å². The van der Waals surface area contributed by atoms with Crippen molar-refractivity contribution in [2.45, 2.75) is 26.3 Å². The predicted molar refractivity (Wildman–Crippen MR) is 83.2 cm³/mol. The minimum Gasteiger partial charge on any atom is -0.496 e. The van der Waals surface area contributed by atoms with E-state index in [1.54, 1.807) is 4.90 Å². The van der Waals surface area contributed by atoms with Crippen LogP contribution in [-0.2, 0) is 9.59 Å². The Morgan fingerprint density at radius 3 is 2.70 bits per heavy atom. The molecular weight excluding hydrogens is 302 g/mol. The Hall–Kier alpha value is -2.64. The first-order valence-electron chi connectivity index (χ1n) is 7.26. The van der Waals surface area contributed by atoms with Gasteiger partial charge >= 0.3 is 0 Å². The zero-order chi connectivity index (χ0) is 17.1. The van der Waals surface area contributed by atoms with Gasteiger partial charge in [0.05, 0.1) is 24.0 Å². The molecule has 2 amide bonds. The fourth-order valence-corrected chi connectivity index (χ4v) is 2.54. The Labute approximate surface area is 133 Å². The van der Waals surface area contributed by atoms with Gasteiger partial charge in [-0.3, -0.25) is 19.7 Å². The number of amides is 2. The molecule has 124 valence electrons. The second kappa shape index (κ2) is 6.64. The highest BCUT2D eigenvalue weighted by Gasteiger charge is 2.36. The third kappa shape index (κ3) is 3.58. The molecule has 1 aromatic rings. The van der Waals surface area contributed by atoms with Gasteiger partial charge in [0.1, 0.15) is 11.4 Å². The van der Waals surface area contributed by atoms with E-state index in [1.807, 2.05) is 13.8 Å². The van der Waals surface area contributed by atoms with Gasteiger partial charge in [-0.25, -0.2) is 0 Å². The van der Waals surface area contributed by atoms with Crippen molar-refractivity contribution in [3.63, 3.8) is 0 Å². The lowest BCUT2D eigenvalue weighted by Crippen LogP contribution is -2.33. The molecule has 1 fully saturated rings. The minimum absolute atomic E-state index is 0.0237. The molecule has 1 aliphatic rings. The molecule has 1 saturated heterocycles. The Morgan fingerprint density at radius 2 is 2.17 bits per heavy atom. The standard InChI is InChI=1S/C15H19N3O5/c1-9(2)17-8-10(6-14(17)19)15(20)16-12-5-4-11(23-3)7-13(12)18(21)22/h4-5,7,9-10H,6,8H2,1-3H3,(H,16,20)/t10-/m1/s1. The third-order valence-corrected chi connectivity index (χ3v) is 3.81. The topological polar surface area (TPSA) is 102 Å². The summed E-state index contributed by atoms with van der Waals surface area (Å²) in [6.07, 6.45) is 0.119. The van der Waals surface area contributed by atoms with Crippen LogP contribution < -0.4 is 10.1 Å². The number of nitrogens with zero attached hydrogens (tertiary/aromatic N) is 2. The molecule has 1 atom stereocenters. The van der Waals surface area contributed by atoms with Gasteiger partial charge in [0.15, 0.2) is 0 Å². The van der Waals surface area contributed by atoms with Gasteiger partial charge in [0, 0.05) is 19.0 Å². The Morgan fingerprint density at radius 1 is 1.48 bits per heavy atom. The Balaban J connectivity index is 2.15. The van der Waals surface area contributed by atoms with E-state index in [4.69, 9.17) is 4.74 Å². The van der Waals surface area contributed by atoms with Gasteiger partial charge < -0.3 is 15.0 Å². The van der Waals surface area contributed by atoms with Gasteiger partial charge in [0.25, 0.3) is 5.69 Å². The fourth-order valence-electron chi connectivity index (χ4n) is 2.54. The summed E-state index contributed by atoms with van der Waals surface area (Å²) in [7, 11) is 1.40. The predicted octanol–water partition coefficient (Wildman–Crippen LogP) is 1.80. The summed E-state index contributed by atoms with van der Waals surface area (Å²) in [6, 6.07) is 4.22. The molecule has 8 heteroatoms. The Kier molecular flexibility index (Phi) is 4.83. The number of ether oxygens (including phenoxy) is 1. The van der Waals surface area contributed by atoms with Crippen molar-refractivity contribution in [3.8, 4) is 5.75 Å². The van der Waals surface area contributed by atoms with Gasteiger partial charge in [-0.15, -0.1) is 0 Å². The molecule has 0 aliphatic carbocycles. The highest BCUT2D eigenvalue weighted by atomic mass is 16.6. The van der Waals surface area contributed by atoms with Gasteiger partial charge in [0.2, 0.25) is 11.8 Å². The Bertz CT molecular complexity index is 644. The molecule has 1 aliphatic heterocycles. The first-order valence-corrected chi connectivity index (χ1v) is 7.26. The summed E-state index contributed by atoms with van der Waals surface area (Å²) in [4.78, 5) is 36.3. The molecule has 23 heavy (non-hydrogen) atoms. The summed E-state index contributed by atoms with van der Waals surface area (Å²) < 4.78 is 4.95. The molecular formula is C15H19N3O5. The average molecular weight is 321 g/mol. The number of hydrogen-bond acceptors (Lipinski definition) is 5. The van der Waals surface area contributed by atoms with Crippen LogP contribution in [0.4, 0.5) is 11.4 Å². The van der Waals surface area contributed by atoms with Crippen LogP contribution in [0.5, 0.6) is 5.75 Å². The second-order valence-corrected chi connectivity index (χ2v) is 5.67. The first-order chi connectivity index (χ1) is 10.8. The van der Waals surface area contributed by atoms with Gasteiger partial charge in [-0.2, -0.15) is 0 Å². The van der Waals surface area contributed by atoms with Crippen LogP contribution in [0.25, 0.3) is 0 Å². The van der Waals surface area contributed by atoms with Crippen LogP contribution in [-0.4, -0.2) is 41.3 Å². The molecule has 1 heterocycles. The number of benzene rings is 1. The average Bonchev–Trinajstić information content (AvgIpc) is 2.89. The zero-order valence-electron chi connectivity index (χ0n) is 13.2. The van der Waals surface area contributed by atoms with E-state index in [1.165, 1.54) is 25.3 Å². The lowest BCUT2D eigenvalue weighted by Gasteiger charge is -2.20.